The van der Waals surface area contributed by atoms with Crippen molar-refractivity contribution in [2.24, 2.45) is 11.8 Å². The van der Waals surface area contributed by atoms with E-state index in [1.54, 1.807) is 23.1 Å². The Labute approximate surface area is 163 Å². The van der Waals surface area contributed by atoms with E-state index < -0.39 is 5.97 Å². The van der Waals surface area contributed by atoms with E-state index >= 15 is 0 Å². The van der Waals surface area contributed by atoms with E-state index in [0.29, 0.717) is 18.5 Å². The van der Waals surface area contributed by atoms with Gasteiger partial charge in [0.1, 0.15) is 0 Å². The van der Waals surface area contributed by atoms with Gasteiger partial charge in [-0.25, -0.2) is 4.79 Å². The fourth-order valence-corrected chi connectivity index (χ4v) is 4.70. The second-order valence-corrected chi connectivity index (χ2v) is 7.71. The number of imide groups is 1. The number of nitrogens with zero attached hydrogens (tertiary/aromatic N) is 2. The van der Waals surface area contributed by atoms with Crippen LogP contribution in [0.4, 0.5) is 5.69 Å². The molecule has 3 aliphatic rings. The van der Waals surface area contributed by atoms with Crippen molar-refractivity contribution in [3.05, 3.63) is 29.3 Å². The van der Waals surface area contributed by atoms with E-state index in [4.69, 9.17) is 4.74 Å². The quantitative estimate of drug-likeness (QED) is 0.585. The molecule has 1 saturated heterocycles. The van der Waals surface area contributed by atoms with Gasteiger partial charge < -0.3 is 9.64 Å². The van der Waals surface area contributed by atoms with Gasteiger partial charge in [-0.1, -0.05) is 12.8 Å². The third kappa shape index (κ3) is 3.08. The predicted octanol–water partition coefficient (Wildman–Crippen LogP) is 1.93. The topological polar surface area (TPSA) is 84.0 Å². The molecule has 2 aliphatic heterocycles. The molecule has 3 amide bonds. The SMILES string of the molecule is COC(=O)c1ccc2c(c1)CCN2C(=O)CCN1C(=O)C2CCCCC2C1=O. The van der Waals surface area contributed by atoms with Crippen molar-refractivity contribution in [3.63, 3.8) is 0 Å². The number of esters is 1. The molecule has 2 atom stereocenters. The highest BCUT2D eigenvalue weighted by molar-refractivity contribution is 6.06. The fraction of sp³-hybridized carbons (Fsp3) is 0.524. The van der Waals surface area contributed by atoms with Crippen LogP contribution in [0.25, 0.3) is 0 Å². The van der Waals surface area contributed by atoms with E-state index in [-0.39, 0.29) is 42.5 Å². The zero-order valence-electron chi connectivity index (χ0n) is 16.0. The summed E-state index contributed by atoms with van der Waals surface area (Å²) in [5.74, 6) is -1.08. The molecule has 148 valence electrons. The zero-order valence-corrected chi connectivity index (χ0v) is 16.0. The molecular weight excluding hydrogens is 360 g/mol. The molecule has 0 aromatic heterocycles. The van der Waals surface area contributed by atoms with Crippen LogP contribution in [0.2, 0.25) is 0 Å². The minimum atomic E-state index is -0.403. The molecule has 28 heavy (non-hydrogen) atoms. The molecule has 7 heteroatoms. The third-order valence-electron chi connectivity index (χ3n) is 6.18. The summed E-state index contributed by atoms with van der Waals surface area (Å²) in [6.45, 7) is 0.682. The average molecular weight is 384 g/mol. The Hall–Kier alpha value is -2.70. The van der Waals surface area contributed by atoms with Gasteiger partial charge in [-0.2, -0.15) is 0 Å². The molecule has 0 radical (unpaired) electrons. The van der Waals surface area contributed by atoms with Crippen molar-refractivity contribution in [1.82, 2.24) is 4.90 Å². The molecule has 0 bridgehead atoms. The Morgan fingerprint density at radius 3 is 2.43 bits per heavy atom. The number of methoxy groups -OCH3 is 1. The number of hydrogen-bond acceptors (Lipinski definition) is 5. The van der Waals surface area contributed by atoms with Gasteiger partial charge in [-0.05, 0) is 43.0 Å². The van der Waals surface area contributed by atoms with Gasteiger partial charge in [0.05, 0.1) is 24.5 Å². The van der Waals surface area contributed by atoms with E-state index in [9.17, 15) is 19.2 Å². The van der Waals surface area contributed by atoms with Crippen molar-refractivity contribution >= 4 is 29.4 Å². The first-order chi connectivity index (χ1) is 13.5. The average Bonchev–Trinajstić information content (AvgIpc) is 3.25. The molecule has 0 spiro atoms. The van der Waals surface area contributed by atoms with Crippen molar-refractivity contribution < 1.29 is 23.9 Å². The maximum Gasteiger partial charge on any atom is 0.337 e. The number of likely N-dealkylation sites (tertiary alicyclic amines) is 1. The Kier molecular flexibility index (Phi) is 4.91. The van der Waals surface area contributed by atoms with Gasteiger partial charge in [0, 0.05) is 25.2 Å². The Morgan fingerprint density at radius 2 is 1.79 bits per heavy atom. The molecule has 7 nitrogen and oxygen atoms in total. The highest BCUT2D eigenvalue weighted by Gasteiger charge is 2.48. The van der Waals surface area contributed by atoms with Crippen molar-refractivity contribution in [2.45, 2.75) is 38.5 Å². The molecule has 1 saturated carbocycles. The summed E-state index contributed by atoms with van der Waals surface area (Å²) in [6.07, 6.45) is 4.33. The summed E-state index contributed by atoms with van der Waals surface area (Å²) in [5, 5.41) is 0. The first-order valence-electron chi connectivity index (χ1n) is 9.88. The Balaban J connectivity index is 1.41. The van der Waals surface area contributed by atoms with Gasteiger partial charge in [0.2, 0.25) is 17.7 Å². The summed E-state index contributed by atoms with van der Waals surface area (Å²) >= 11 is 0. The lowest BCUT2D eigenvalue weighted by Crippen LogP contribution is -2.36. The van der Waals surface area contributed by atoms with Crippen LogP contribution in [0.5, 0.6) is 0 Å². The van der Waals surface area contributed by atoms with Crippen LogP contribution < -0.4 is 4.90 Å². The molecule has 2 heterocycles. The van der Waals surface area contributed by atoms with Gasteiger partial charge in [-0.3, -0.25) is 19.3 Å². The number of carbonyl (C=O) groups is 4. The van der Waals surface area contributed by atoms with Crippen LogP contribution in [0, 0.1) is 11.8 Å². The monoisotopic (exact) mass is 384 g/mol. The molecular formula is C21H24N2O5. The highest BCUT2D eigenvalue weighted by Crippen LogP contribution is 2.38. The fourth-order valence-electron chi connectivity index (χ4n) is 4.70. The van der Waals surface area contributed by atoms with Gasteiger partial charge in [-0.15, -0.1) is 0 Å². The first-order valence-corrected chi connectivity index (χ1v) is 9.88. The molecule has 0 N–H and O–H groups in total. The van der Waals surface area contributed by atoms with Crippen molar-refractivity contribution in [3.8, 4) is 0 Å². The summed E-state index contributed by atoms with van der Waals surface area (Å²) < 4.78 is 4.74. The van der Waals surface area contributed by atoms with Crippen LogP contribution in [0.1, 0.15) is 48.0 Å². The van der Waals surface area contributed by atoms with E-state index in [1.807, 2.05) is 0 Å². The lowest BCUT2D eigenvalue weighted by molar-refractivity contribution is -0.140. The molecule has 2 fully saturated rings. The van der Waals surface area contributed by atoms with Crippen LogP contribution in [-0.2, 0) is 25.5 Å². The second kappa shape index (κ2) is 7.37. The van der Waals surface area contributed by atoms with E-state index in [2.05, 4.69) is 0 Å². The summed E-state index contributed by atoms with van der Waals surface area (Å²) in [4.78, 5) is 52.5. The van der Waals surface area contributed by atoms with Gasteiger partial charge in [0.15, 0.2) is 0 Å². The maximum atomic E-state index is 12.8. The summed E-state index contributed by atoms with van der Waals surface area (Å²) in [6, 6.07) is 5.16. The second-order valence-electron chi connectivity index (χ2n) is 7.71. The number of fused-ring (bicyclic) bond motifs is 2. The maximum absolute atomic E-state index is 12.8. The summed E-state index contributed by atoms with van der Waals surface area (Å²) in [7, 11) is 1.34. The number of rotatable bonds is 4. The minimum Gasteiger partial charge on any atom is -0.465 e. The lowest BCUT2D eigenvalue weighted by atomic mass is 9.81. The zero-order chi connectivity index (χ0) is 19.8. The van der Waals surface area contributed by atoms with E-state index in [1.165, 1.54) is 12.0 Å². The molecule has 1 aromatic rings. The van der Waals surface area contributed by atoms with Crippen LogP contribution in [0.3, 0.4) is 0 Å². The third-order valence-corrected chi connectivity index (χ3v) is 6.18. The largest absolute Gasteiger partial charge is 0.465 e. The van der Waals surface area contributed by atoms with Gasteiger partial charge in [0.25, 0.3) is 0 Å². The van der Waals surface area contributed by atoms with Crippen LogP contribution >= 0.6 is 0 Å². The number of anilines is 1. The highest BCUT2D eigenvalue weighted by atomic mass is 16.5. The van der Waals surface area contributed by atoms with Crippen molar-refractivity contribution in [1.29, 1.82) is 0 Å². The van der Waals surface area contributed by atoms with Crippen LogP contribution in [0.15, 0.2) is 18.2 Å². The van der Waals surface area contributed by atoms with Gasteiger partial charge >= 0.3 is 5.97 Å². The lowest BCUT2D eigenvalue weighted by Gasteiger charge is -2.20. The molecule has 1 aliphatic carbocycles. The molecule has 1 aromatic carbocycles. The minimum absolute atomic E-state index is 0.105. The normalized spacial score (nSPS) is 23.6. The Morgan fingerprint density at radius 1 is 1.11 bits per heavy atom. The van der Waals surface area contributed by atoms with Crippen molar-refractivity contribution in [2.75, 3.05) is 25.1 Å². The smallest absolute Gasteiger partial charge is 0.337 e. The predicted molar refractivity (Wildman–Crippen MR) is 101 cm³/mol. The number of benzene rings is 1. The first kappa shape index (κ1) is 18.7. The molecule has 4 rings (SSSR count). The van der Waals surface area contributed by atoms with E-state index in [0.717, 1.165) is 36.9 Å². The Bertz CT molecular complexity index is 825. The summed E-state index contributed by atoms with van der Waals surface area (Å²) in [5.41, 5.74) is 2.17. The van der Waals surface area contributed by atoms with Crippen LogP contribution in [-0.4, -0.2) is 48.8 Å². The number of hydrogen-bond donors (Lipinski definition) is 0. The molecule has 2 unspecified atom stereocenters. The number of carbonyl (C=O) groups excluding carboxylic acids is 4. The number of amides is 3. The standard InChI is InChI=1S/C21H24N2O5/c1-28-21(27)14-6-7-17-13(12-14)8-10-22(17)18(24)9-11-23-19(25)15-4-2-3-5-16(15)20(23)26/h6-7,12,15-16H,2-5,8-11H2,1H3. The number of ether oxygens (including phenoxy) is 1.